The van der Waals surface area contributed by atoms with E-state index < -0.39 is 0 Å². The molecule has 0 saturated heterocycles. The highest BCUT2D eigenvalue weighted by Crippen LogP contribution is 2.48. The third-order valence-corrected chi connectivity index (χ3v) is 7.00. The molecule has 0 spiro atoms. The molecule has 4 rings (SSSR count). The molecule has 4 heteroatoms. The van der Waals surface area contributed by atoms with Crippen molar-refractivity contribution in [2.75, 3.05) is 0 Å². The molecule has 8 unspecified atom stereocenters. The number of nitrogens with zero attached hydrogens (tertiary/aromatic N) is 3. The first-order chi connectivity index (χ1) is 11.7. The van der Waals surface area contributed by atoms with Gasteiger partial charge in [-0.25, -0.2) is 0 Å². The second kappa shape index (κ2) is 6.62. The van der Waals surface area contributed by atoms with E-state index in [-0.39, 0.29) is 12.1 Å². The quantitative estimate of drug-likeness (QED) is 0.828. The lowest BCUT2D eigenvalue weighted by atomic mass is 9.63. The van der Waals surface area contributed by atoms with Crippen molar-refractivity contribution < 1.29 is 5.11 Å². The van der Waals surface area contributed by atoms with Crippen molar-refractivity contribution in [2.45, 2.75) is 76.6 Å². The van der Waals surface area contributed by atoms with Gasteiger partial charge >= 0.3 is 0 Å². The highest BCUT2D eigenvalue weighted by molar-refractivity contribution is 5.20. The molecule has 4 nitrogen and oxygen atoms in total. The predicted octanol–water partition coefficient (Wildman–Crippen LogP) is 4.13. The number of allylic oxidation sites excluding steroid dienone is 3. The smallest absolute Gasteiger partial charge is 0.0987 e. The summed E-state index contributed by atoms with van der Waals surface area (Å²) in [7, 11) is 0. The second-order valence-corrected chi connectivity index (χ2v) is 8.25. The number of aliphatic hydroxyl groups excluding tert-OH is 1. The van der Waals surface area contributed by atoms with Gasteiger partial charge < -0.3 is 5.11 Å². The van der Waals surface area contributed by atoms with E-state index in [9.17, 15) is 5.11 Å². The normalized spacial score (nSPS) is 45.1. The molecule has 132 valence electrons. The molecular formula is C20H31N3O. The van der Waals surface area contributed by atoms with Gasteiger partial charge in [-0.3, -0.25) is 5.01 Å². The van der Waals surface area contributed by atoms with Crippen LogP contribution in [0, 0.1) is 23.7 Å². The van der Waals surface area contributed by atoms with Crippen molar-refractivity contribution in [3.8, 4) is 0 Å². The summed E-state index contributed by atoms with van der Waals surface area (Å²) in [5.41, 5.74) is 0. The van der Waals surface area contributed by atoms with E-state index in [1.54, 1.807) is 0 Å². The fourth-order valence-electron chi connectivity index (χ4n) is 5.53. The molecule has 0 aromatic carbocycles. The Balaban J connectivity index is 1.72. The summed E-state index contributed by atoms with van der Waals surface area (Å²) >= 11 is 0. The minimum atomic E-state index is -0.187. The SMILES string of the molecule is CCC(C)N1N=NC2C3CCCCC3C(O)CC3C=CC=CC3C21. The number of rotatable bonds is 2. The Kier molecular flexibility index (Phi) is 4.50. The van der Waals surface area contributed by atoms with Gasteiger partial charge in [0.05, 0.1) is 18.2 Å². The van der Waals surface area contributed by atoms with Crippen molar-refractivity contribution in [1.82, 2.24) is 5.01 Å². The lowest BCUT2D eigenvalue weighted by Gasteiger charge is -2.47. The number of hydrogen-bond acceptors (Lipinski definition) is 4. The number of hydrogen-bond donors (Lipinski definition) is 1. The van der Waals surface area contributed by atoms with Gasteiger partial charge in [0.1, 0.15) is 0 Å². The van der Waals surface area contributed by atoms with Gasteiger partial charge in [0, 0.05) is 12.0 Å². The Hall–Kier alpha value is -1.16. The molecule has 3 aliphatic carbocycles. The third kappa shape index (κ3) is 2.63. The molecule has 0 bridgehead atoms. The maximum atomic E-state index is 10.9. The van der Waals surface area contributed by atoms with Crippen molar-refractivity contribution in [3.05, 3.63) is 24.3 Å². The summed E-state index contributed by atoms with van der Waals surface area (Å²) in [5.74, 6) is 1.73. The van der Waals surface area contributed by atoms with Crippen LogP contribution in [0.15, 0.2) is 34.6 Å². The Morgan fingerprint density at radius 1 is 1.17 bits per heavy atom. The molecule has 2 fully saturated rings. The largest absolute Gasteiger partial charge is 0.393 e. The van der Waals surface area contributed by atoms with E-state index in [1.807, 2.05) is 0 Å². The first-order valence-corrected chi connectivity index (χ1v) is 9.93. The monoisotopic (exact) mass is 329 g/mol. The highest BCUT2D eigenvalue weighted by atomic mass is 16.3. The maximum absolute atomic E-state index is 10.9. The van der Waals surface area contributed by atoms with Crippen LogP contribution in [-0.2, 0) is 0 Å². The molecule has 4 aliphatic rings. The predicted molar refractivity (Wildman–Crippen MR) is 95.4 cm³/mol. The van der Waals surface area contributed by atoms with Crippen LogP contribution in [0.4, 0.5) is 0 Å². The van der Waals surface area contributed by atoms with Gasteiger partial charge in [0.15, 0.2) is 0 Å². The van der Waals surface area contributed by atoms with E-state index in [4.69, 9.17) is 5.11 Å². The molecule has 0 amide bonds. The second-order valence-electron chi connectivity index (χ2n) is 8.25. The third-order valence-electron chi connectivity index (χ3n) is 7.00. The fraction of sp³-hybridized carbons (Fsp3) is 0.800. The van der Waals surface area contributed by atoms with E-state index in [0.29, 0.717) is 35.8 Å². The van der Waals surface area contributed by atoms with E-state index in [2.05, 4.69) is 48.4 Å². The molecule has 1 aliphatic heterocycles. The Morgan fingerprint density at radius 3 is 2.71 bits per heavy atom. The van der Waals surface area contributed by atoms with Gasteiger partial charge in [0.25, 0.3) is 0 Å². The molecule has 0 radical (unpaired) electrons. The summed E-state index contributed by atoms with van der Waals surface area (Å²) in [5, 5.41) is 22.7. The minimum Gasteiger partial charge on any atom is -0.393 e. The van der Waals surface area contributed by atoms with Crippen LogP contribution in [-0.4, -0.2) is 34.3 Å². The van der Waals surface area contributed by atoms with Gasteiger partial charge in [-0.2, -0.15) is 5.11 Å². The van der Waals surface area contributed by atoms with Gasteiger partial charge in [0.2, 0.25) is 0 Å². The summed E-state index contributed by atoms with van der Waals surface area (Å²) in [4.78, 5) is 0. The van der Waals surface area contributed by atoms with E-state index >= 15 is 0 Å². The number of aliphatic hydroxyl groups is 1. The van der Waals surface area contributed by atoms with Crippen LogP contribution in [0.1, 0.15) is 52.4 Å². The van der Waals surface area contributed by atoms with Crippen molar-refractivity contribution in [1.29, 1.82) is 0 Å². The average molecular weight is 329 g/mol. The average Bonchev–Trinajstić information content (AvgIpc) is 3.04. The van der Waals surface area contributed by atoms with E-state index in [0.717, 1.165) is 19.3 Å². The van der Waals surface area contributed by atoms with E-state index in [1.165, 1.54) is 19.3 Å². The van der Waals surface area contributed by atoms with Crippen LogP contribution in [0.25, 0.3) is 0 Å². The molecular weight excluding hydrogens is 298 g/mol. The summed E-state index contributed by atoms with van der Waals surface area (Å²) in [6.45, 7) is 4.50. The van der Waals surface area contributed by atoms with Crippen LogP contribution in [0.3, 0.4) is 0 Å². The molecule has 8 atom stereocenters. The van der Waals surface area contributed by atoms with Crippen molar-refractivity contribution in [3.63, 3.8) is 0 Å². The lowest BCUT2D eigenvalue weighted by molar-refractivity contribution is -0.0167. The molecule has 0 aromatic heterocycles. The van der Waals surface area contributed by atoms with Crippen LogP contribution in [0.5, 0.6) is 0 Å². The topological polar surface area (TPSA) is 48.2 Å². The molecule has 0 aromatic rings. The van der Waals surface area contributed by atoms with Crippen LogP contribution < -0.4 is 0 Å². The zero-order valence-corrected chi connectivity index (χ0v) is 15.0. The molecule has 2 saturated carbocycles. The maximum Gasteiger partial charge on any atom is 0.0987 e. The molecule has 1 heterocycles. The lowest BCUT2D eigenvalue weighted by Crippen LogP contribution is -2.53. The first kappa shape index (κ1) is 16.3. The zero-order valence-electron chi connectivity index (χ0n) is 15.0. The standard InChI is InChI=1S/C20H31N3O/c1-3-13(2)23-20-15-9-5-4-8-14(15)12-18(24)16-10-6-7-11-17(16)19(20)21-22-23/h4-5,8-9,13-20,24H,3,6-7,10-12H2,1-2H3. The van der Waals surface area contributed by atoms with Crippen LogP contribution in [0.2, 0.25) is 0 Å². The summed E-state index contributed by atoms with van der Waals surface area (Å²) in [6, 6.07) is 1.04. The zero-order chi connectivity index (χ0) is 16.7. The summed E-state index contributed by atoms with van der Waals surface area (Å²) < 4.78 is 0. The Morgan fingerprint density at radius 2 is 1.92 bits per heavy atom. The van der Waals surface area contributed by atoms with Gasteiger partial charge in [-0.05, 0) is 50.4 Å². The molecule has 1 N–H and O–H groups in total. The van der Waals surface area contributed by atoms with Gasteiger partial charge in [-0.15, -0.1) is 0 Å². The Labute approximate surface area is 145 Å². The van der Waals surface area contributed by atoms with Crippen molar-refractivity contribution in [2.24, 2.45) is 34.0 Å². The van der Waals surface area contributed by atoms with Crippen LogP contribution >= 0.6 is 0 Å². The van der Waals surface area contributed by atoms with Crippen molar-refractivity contribution >= 4 is 0 Å². The summed E-state index contributed by atoms with van der Waals surface area (Å²) in [6.07, 6.45) is 15.7. The molecule has 24 heavy (non-hydrogen) atoms. The first-order valence-electron chi connectivity index (χ1n) is 9.93. The fourth-order valence-corrected chi connectivity index (χ4v) is 5.53. The highest BCUT2D eigenvalue weighted by Gasteiger charge is 2.51. The van der Waals surface area contributed by atoms with Gasteiger partial charge in [-0.1, -0.05) is 49.3 Å². The number of fused-ring (bicyclic) bond motifs is 5. The minimum absolute atomic E-state index is 0.187. The Bertz CT molecular complexity index is 543.